The van der Waals surface area contributed by atoms with Gasteiger partial charge in [0.25, 0.3) is 0 Å². The van der Waals surface area contributed by atoms with Crippen molar-refractivity contribution in [1.29, 1.82) is 0 Å². The van der Waals surface area contributed by atoms with Crippen molar-refractivity contribution in [3.8, 4) is 0 Å². The molecule has 0 saturated heterocycles. The van der Waals surface area contributed by atoms with Gasteiger partial charge >= 0.3 is 5.97 Å². The minimum atomic E-state index is -0.959. The summed E-state index contributed by atoms with van der Waals surface area (Å²) >= 11 is 0. The maximum atomic E-state index is 10.9. The number of benzene rings is 1. The maximum absolute atomic E-state index is 10.9. The van der Waals surface area contributed by atoms with Gasteiger partial charge in [0.2, 0.25) is 0 Å². The number of aryl methyl sites for hydroxylation is 1. The van der Waals surface area contributed by atoms with Crippen LogP contribution < -0.4 is 5.73 Å². The molecular formula is C19H28N2O2. The smallest absolute Gasteiger partial charge is 0.320 e. The van der Waals surface area contributed by atoms with Crippen LogP contribution >= 0.6 is 0 Å². The van der Waals surface area contributed by atoms with Gasteiger partial charge in [0.1, 0.15) is 6.04 Å². The zero-order valence-electron chi connectivity index (χ0n) is 14.0. The molecule has 4 N–H and O–H groups in total. The van der Waals surface area contributed by atoms with Crippen LogP contribution in [-0.2, 0) is 17.6 Å². The summed E-state index contributed by atoms with van der Waals surface area (Å²) in [5.41, 5.74) is 9.01. The van der Waals surface area contributed by atoms with Crippen LogP contribution in [0.25, 0.3) is 10.9 Å². The molecule has 0 aliphatic rings. The van der Waals surface area contributed by atoms with E-state index in [9.17, 15) is 4.79 Å². The van der Waals surface area contributed by atoms with E-state index in [1.165, 1.54) is 44.1 Å². The van der Waals surface area contributed by atoms with Gasteiger partial charge in [0, 0.05) is 23.5 Å². The van der Waals surface area contributed by atoms with Crippen molar-refractivity contribution < 1.29 is 9.90 Å². The van der Waals surface area contributed by atoms with Crippen LogP contribution in [0.3, 0.4) is 0 Å². The third-order valence-electron chi connectivity index (χ3n) is 4.41. The molecule has 0 radical (unpaired) electrons. The Hall–Kier alpha value is -1.81. The molecule has 4 heteroatoms. The van der Waals surface area contributed by atoms with Gasteiger partial charge in [-0.15, -0.1) is 0 Å². The van der Waals surface area contributed by atoms with Crippen molar-refractivity contribution in [2.75, 3.05) is 0 Å². The molecule has 1 aromatic heterocycles. The molecule has 1 heterocycles. The highest BCUT2D eigenvalue weighted by molar-refractivity contribution is 5.85. The van der Waals surface area contributed by atoms with E-state index in [4.69, 9.17) is 10.8 Å². The first-order chi connectivity index (χ1) is 11.1. The molecule has 126 valence electrons. The Kier molecular flexibility index (Phi) is 6.66. The highest BCUT2D eigenvalue weighted by Gasteiger charge is 2.14. The van der Waals surface area contributed by atoms with Crippen molar-refractivity contribution >= 4 is 16.9 Å². The Morgan fingerprint density at radius 3 is 2.70 bits per heavy atom. The predicted octanol–water partition coefficient (Wildman–Crippen LogP) is 4.03. The van der Waals surface area contributed by atoms with E-state index in [1.807, 2.05) is 6.20 Å². The van der Waals surface area contributed by atoms with E-state index >= 15 is 0 Å². The van der Waals surface area contributed by atoms with Crippen molar-refractivity contribution in [2.24, 2.45) is 5.73 Å². The van der Waals surface area contributed by atoms with E-state index < -0.39 is 12.0 Å². The molecular weight excluding hydrogens is 288 g/mol. The van der Waals surface area contributed by atoms with Crippen LogP contribution in [0, 0.1) is 0 Å². The Balaban J connectivity index is 1.91. The van der Waals surface area contributed by atoms with Crippen LogP contribution in [0.1, 0.15) is 56.6 Å². The summed E-state index contributed by atoms with van der Waals surface area (Å²) in [6.07, 6.45) is 11.2. The Morgan fingerprint density at radius 2 is 1.96 bits per heavy atom. The standard InChI is InChI=1S/C19H28N2O2/c1-2-3-4-5-6-7-8-14-9-10-16-15(12-17(20)19(22)23)13-21-18(16)11-14/h9-11,13,17,21H,2-8,12,20H2,1H3,(H,22,23)/t17-/m0/s1. The summed E-state index contributed by atoms with van der Waals surface area (Å²) in [7, 11) is 0. The molecule has 4 nitrogen and oxygen atoms in total. The number of aromatic amines is 1. The lowest BCUT2D eigenvalue weighted by Crippen LogP contribution is -2.32. The second kappa shape index (κ2) is 8.73. The van der Waals surface area contributed by atoms with Crippen LogP contribution in [0.5, 0.6) is 0 Å². The van der Waals surface area contributed by atoms with Crippen LogP contribution in [0.15, 0.2) is 24.4 Å². The third-order valence-corrected chi connectivity index (χ3v) is 4.41. The monoisotopic (exact) mass is 316 g/mol. The highest BCUT2D eigenvalue weighted by atomic mass is 16.4. The van der Waals surface area contributed by atoms with Gasteiger partial charge in [-0.2, -0.15) is 0 Å². The molecule has 2 rings (SSSR count). The molecule has 0 unspecified atom stereocenters. The highest BCUT2D eigenvalue weighted by Crippen LogP contribution is 2.22. The number of H-pyrrole nitrogens is 1. The minimum Gasteiger partial charge on any atom is -0.480 e. The van der Waals surface area contributed by atoms with Crippen molar-refractivity contribution in [3.05, 3.63) is 35.5 Å². The number of carbonyl (C=O) groups is 1. The fourth-order valence-electron chi connectivity index (χ4n) is 2.99. The topological polar surface area (TPSA) is 79.1 Å². The number of hydrogen-bond donors (Lipinski definition) is 3. The first kappa shape index (κ1) is 17.5. The number of fused-ring (bicyclic) bond motifs is 1. The van der Waals surface area contributed by atoms with E-state index in [1.54, 1.807) is 0 Å². The van der Waals surface area contributed by atoms with Crippen LogP contribution in [0.2, 0.25) is 0 Å². The first-order valence-electron chi connectivity index (χ1n) is 8.69. The lowest BCUT2D eigenvalue weighted by Gasteiger charge is -2.06. The number of aliphatic carboxylic acids is 1. The van der Waals surface area contributed by atoms with Gasteiger partial charge in [-0.05, 0) is 30.0 Å². The lowest BCUT2D eigenvalue weighted by molar-refractivity contribution is -0.138. The van der Waals surface area contributed by atoms with Gasteiger partial charge in [0.05, 0.1) is 0 Å². The molecule has 2 aromatic rings. The number of hydrogen-bond acceptors (Lipinski definition) is 2. The van der Waals surface area contributed by atoms with Gasteiger partial charge in [-0.3, -0.25) is 4.79 Å². The fraction of sp³-hybridized carbons (Fsp3) is 0.526. The first-order valence-corrected chi connectivity index (χ1v) is 8.69. The number of aromatic nitrogens is 1. The van der Waals surface area contributed by atoms with Crippen molar-refractivity contribution in [2.45, 2.75) is 64.3 Å². The molecule has 0 bridgehead atoms. The van der Waals surface area contributed by atoms with E-state index in [0.717, 1.165) is 22.9 Å². The molecule has 1 aromatic carbocycles. The Bertz CT molecular complexity index is 633. The second-order valence-electron chi connectivity index (χ2n) is 6.36. The number of carboxylic acid groups (broad SMARTS) is 1. The predicted molar refractivity (Wildman–Crippen MR) is 94.7 cm³/mol. The van der Waals surface area contributed by atoms with E-state index in [0.29, 0.717) is 6.42 Å². The number of nitrogens with one attached hydrogen (secondary N) is 1. The van der Waals surface area contributed by atoms with Gasteiger partial charge < -0.3 is 15.8 Å². The number of carboxylic acids is 1. The average molecular weight is 316 g/mol. The molecule has 0 aliphatic heterocycles. The summed E-state index contributed by atoms with van der Waals surface area (Å²) in [6.45, 7) is 2.24. The maximum Gasteiger partial charge on any atom is 0.320 e. The Morgan fingerprint density at radius 1 is 1.22 bits per heavy atom. The van der Waals surface area contributed by atoms with Gasteiger partial charge in [0.15, 0.2) is 0 Å². The molecule has 0 amide bonds. The normalized spacial score (nSPS) is 12.6. The second-order valence-corrected chi connectivity index (χ2v) is 6.36. The Labute approximate surface area is 138 Å². The van der Waals surface area contributed by atoms with Crippen molar-refractivity contribution in [1.82, 2.24) is 4.98 Å². The van der Waals surface area contributed by atoms with E-state index in [2.05, 4.69) is 30.1 Å². The fourth-order valence-corrected chi connectivity index (χ4v) is 2.99. The molecule has 1 atom stereocenters. The summed E-state index contributed by atoms with van der Waals surface area (Å²) in [5.74, 6) is -0.959. The summed E-state index contributed by atoms with van der Waals surface area (Å²) in [4.78, 5) is 14.1. The summed E-state index contributed by atoms with van der Waals surface area (Å²) < 4.78 is 0. The molecule has 0 spiro atoms. The van der Waals surface area contributed by atoms with Gasteiger partial charge in [-0.25, -0.2) is 0 Å². The van der Waals surface area contributed by atoms with E-state index in [-0.39, 0.29) is 0 Å². The molecule has 23 heavy (non-hydrogen) atoms. The quantitative estimate of drug-likeness (QED) is 0.579. The minimum absolute atomic E-state index is 0.353. The van der Waals surface area contributed by atoms with Gasteiger partial charge in [-0.1, -0.05) is 51.2 Å². The molecule has 0 fully saturated rings. The van der Waals surface area contributed by atoms with Crippen LogP contribution in [-0.4, -0.2) is 22.1 Å². The SMILES string of the molecule is CCCCCCCCc1ccc2c(C[C@H](N)C(=O)O)c[nH]c2c1. The summed E-state index contributed by atoms with van der Waals surface area (Å²) in [5, 5.41) is 10.0. The largest absolute Gasteiger partial charge is 0.480 e. The zero-order valence-corrected chi connectivity index (χ0v) is 14.0. The zero-order chi connectivity index (χ0) is 16.7. The third kappa shape index (κ3) is 5.10. The van der Waals surface area contributed by atoms with Crippen LogP contribution in [0.4, 0.5) is 0 Å². The summed E-state index contributed by atoms with van der Waals surface area (Å²) in [6, 6.07) is 5.56. The lowest BCUT2D eigenvalue weighted by atomic mass is 10.0. The van der Waals surface area contributed by atoms with Crippen molar-refractivity contribution in [3.63, 3.8) is 0 Å². The molecule has 0 saturated carbocycles. The number of unbranched alkanes of at least 4 members (excludes halogenated alkanes) is 5. The average Bonchev–Trinajstić information content (AvgIpc) is 2.93. The molecule has 0 aliphatic carbocycles. The number of nitrogens with two attached hydrogens (primary N) is 1. The number of rotatable bonds is 10.